The highest BCUT2D eigenvalue weighted by Gasteiger charge is 2.11. The molecule has 0 radical (unpaired) electrons. The number of aromatic nitrogens is 2. The predicted molar refractivity (Wildman–Crippen MR) is 76.0 cm³/mol. The second-order valence-electron chi connectivity index (χ2n) is 4.55. The van der Waals surface area contributed by atoms with Crippen LogP contribution in [0.15, 0.2) is 36.4 Å². The van der Waals surface area contributed by atoms with Crippen LogP contribution in [-0.2, 0) is 0 Å². The number of hydrogen-bond acceptors (Lipinski definition) is 1. The van der Waals surface area contributed by atoms with Crippen LogP contribution in [0.1, 0.15) is 11.1 Å². The molecule has 0 bridgehead atoms. The van der Waals surface area contributed by atoms with Crippen molar-refractivity contribution in [3.8, 4) is 11.4 Å². The fourth-order valence-corrected chi connectivity index (χ4v) is 2.40. The Morgan fingerprint density at radius 1 is 1.11 bits per heavy atom. The molecule has 18 heavy (non-hydrogen) atoms. The standard InChI is InChI=1S/C15H13ClN2/c1-9-7-10(2)14(16)11(8-9)15-17-12-5-3-4-6-13(12)18-15/h3-8H,1-2H3,(H,17,18). The summed E-state index contributed by atoms with van der Waals surface area (Å²) >= 11 is 6.37. The van der Waals surface area contributed by atoms with Gasteiger partial charge in [0.25, 0.3) is 0 Å². The zero-order valence-electron chi connectivity index (χ0n) is 10.3. The number of aromatic amines is 1. The van der Waals surface area contributed by atoms with Crippen LogP contribution in [0.2, 0.25) is 5.02 Å². The maximum absolute atomic E-state index is 6.37. The first-order valence-corrected chi connectivity index (χ1v) is 6.25. The topological polar surface area (TPSA) is 28.7 Å². The molecular weight excluding hydrogens is 244 g/mol. The number of para-hydroxylation sites is 2. The van der Waals surface area contributed by atoms with E-state index >= 15 is 0 Å². The third-order valence-electron chi connectivity index (χ3n) is 3.04. The van der Waals surface area contributed by atoms with Gasteiger partial charge in [0.05, 0.1) is 16.1 Å². The van der Waals surface area contributed by atoms with Gasteiger partial charge in [-0.1, -0.05) is 35.4 Å². The summed E-state index contributed by atoms with van der Waals surface area (Å²) in [6, 6.07) is 12.1. The van der Waals surface area contributed by atoms with Gasteiger partial charge in [-0.15, -0.1) is 0 Å². The summed E-state index contributed by atoms with van der Waals surface area (Å²) in [7, 11) is 0. The Hall–Kier alpha value is -1.80. The average Bonchev–Trinajstić information content (AvgIpc) is 2.77. The SMILES string of the molecule is Cc1cc(C)c(Cl)c(-c2nc3ccccc3[nH]2)c1. The lowest BCUT2D eigenvalue weighted by molar-refractivity contribution is 1.30. The third-order valence-corrected chi connectivity index (χ3v) is 3.55. The monoisotopic (exact) mass is 256 g/mol. The summed E-state index contributed by atoms with van der Waals surface area (Å²) in [6.45, 7) is 4.08. The van der Waals surface area contributed by atoms with Crippen LogP contribution in [0.5, 0.6) is 0 Å². The molecule has 0 saturated heterocycles. The number of nitrogens with zero attached hydrogens (tertiary/aromatic N) is 1. The molecule has 2 aromatic carbocycles. The Morgan fingerprint density at radius 3 is 2.67 bits per heavy atom. The maximum Gasteiger partial charge on any atom is 0.140 e. The summed E-state index contributed by atoms with van der Waals surface area (Å²) in [5.74, 6) is 0.827. The highest BCUT2D eigenvalue weighted by atomic mass is 35.5. The van der Waals surface area contributed by atoms with Crippen molar-refractivity contribution in [1.29, 1.82) is 0 Å². The molecule has 0 fully saturated rings. The van der Waals surface area contributed by atoms with Crippen molar-refractivity contribution in [2.75, 3.05) is 0 Å². The molecule has 1 aromatic heterocycles. The van der Waals surface area contributed by atoms with Crippen molar-refractivity contribution >= 4 is 22.6 Å². The first-order valence-electron chi connectivity index (χ1n) is 5.87. The number of aryl methyl sites for hydroxylation is 2. The molecule has 3 aromatic rings. The van der Waals surface area contributed by atoms with E-state index in [4.69, 9.17) is 11.6 Å². The number of hydrogen-bond donors (Lipinski definition) is 1. The molecule has 0 unspecified atom stereocenters. The van der Waals surface area contributed by atoms with Gasteiger partial charge in [-0.25, -0.2) is 4.98 Å². The first-order chi connectivity index (χ1) is 8.65. The molecule has 1 N–H and O–H groups in total. The number of fused-ring (bicyclic) bond motifs is 1. The fraction of sp³-hybridized carbons (Fsp3) is 0.133. The molecule has 3 rings (SSSR count). The normalized spacial score (nSPS) is 11.1. The van der Waals surface area contributed by atoms with Crippen LogP contribution in [0, 0.1) is 13.8 Å². The van der Waals surface area contributed by atoms with Gasteiger partial charge in [-0.2, -0.15) is 0 Å². The minimum atomic E-state index is 0.764. The summed E-state index contributed by atoms with van der Waals surface area (Å²) < 4.78 is 0. The van der Waals surface area contributed by atoms with E-state index in [2.05, 4.69) is 29.0 Å². The molecule has 0 amide bonds. The van der Waals surface area contributed by atoms with Gasteiger partial charge in [0, 0.05) is 5.56 Å². The van der Waals surface area contributed by atoms with Gasteiger partial charge in [0.15, 0.2) is 0 Å². The second kappa shape index (κ2) is 4.14. The Balaban J connectivity index is 2.26. The van der Waals surface area contributed by atoms with Crippen LogP contribution in [0.25, 0.3) is 22.4 Å². The molecule has 0 aliphatic rings. The van der Waals surface area contributed by atoms with Crippen LogP contribution < -0.4 is 0 Å². The molecule has 90 valence electrons. The summed E-state index contributed by atoms with van der Waals surface area (Å²) in [4.78, 5) is 7.90. The van der Waals surface area contributed by atoms with Crippen LogP contribution in [0.4, 0.5) is 0 Å². The quantitative estimate of drug-likeness (QED) is 0.682. The van der Waals surface area contributed by atoms with Gasteiger partial charge in [-0.3, -0.25) is 0 Å². The minimum absolute atomic E-state index is 0.764. The highest BCUT2D eigenvalue weighted by molar-refractivity contribution is 6.34. The van der Waals surface area contributed by atoms with Crippen LogP contribution in [-0.4, -0.2) is 9.97 Å². The molecule has 0 aliphatic heterocycles. The summed E-state index contributed by atoms with van der Waals surface area (Å²) in [6.07, 6.45) is 0. The van der Waals surface area contributed by atoms with Gasteiger partial charge in [0.2, 0.25) is 0 Å². The van der Waals surface area contributed by atoms with E-state index in [1.807, 2.05) is 31.2 Å². The Labute approximate surface area is 111 Å². The number of nitrogens with one attached hydrogen (secondary N) is 1. The average molecular weight is 257 g/mol. The molecule has 0 atom stereocenters. The predicted octanol–water partition coefficient (Wildman–Crippen LogP) is 4.50. The fourth-order valence-electron chi connectivity index (χ4n) is 2.20. The highest BCUT2D eigenvalue weighted by Crippen LogP contribution is 2.31. The molecule has 0 aliphatic carbocycles. The third kappa shape index (κ3) is 1.79. The Morgan fingerprint density at radius 2 is 1.89 bits per heavy atom. The van der Waals surface area contributed by atoms with Crippen LogP contribution in [0.3, 0.4) is 0 Å². The largest absolute Gasteiger partial charge is 0.338 e. The zero-order valence-corrected chi connectivity index (χ0v) is 11.0. The summed E-state index contributed by atoms with van der Waals surface area (Å²) in [5, 5.41) is 0.764. The van der Waals surface area contributed by atoms with Gasteiger partial charge >= 0.3 is 0 Å². The number of imidazole rings is 1. The first kappa shape index (κ1) is 11.3. The van der Waals surface area contributed by atoms with Crippen molar-refractivity contribution in [3.63, 3.8) is 0 Å². The van der Waals surface area contributed by atoms with E-state index in [9.17, 15) is 0 Å². The molecular formula is C15H13ClN2. The van der Waals surface area contributed by atoms with E-state index in [0.717, 1.165) is 33.0 Å². The maximum atomic E-state index is 6.37. The zero-order chi connectivity index (χ0) is 12.7. The molecule has 2 nitrogen and oxygen atoms in total. The lowest BCUT2D eigenvalue weighted by Gasteiger charge is -2.06. The van der Waals surface area contributed by atoms with Crippen molar-refractivity contribution < 1.29 is 0 Å². The molecule has 3 heteroatoms. The van der Waals surface area contributed by atoms with E-state index in [-0.39, 0.29) is 0 Å². The minimum Gasteiger partial charge on any atom is -0.338 e. The number of halogens is 1. The number of H-pyrrole nitrogens is 1. The lowest BCUT2D eigenvalue weighted by atomic mass is 10.1. The second-order valence-corrected chi connectivity index (χ2v) is 4.92. The number of benzene rings is 2. The summed E-state index contributed by atoms with van der Waals surface area (Å²) in [5.41, 5.74) is 5.22. The van der Waals surface area contributed by atoms with Crippen molar-refractivity contribution in [1.82, 2.24) is 9.97 Å². The van der Waals surface area contributed by atoms with Crippen LogP contribution >= 0.6 is 11.6 Å². The van der Waals surface area contributed by atoms with Crippen molar-refractivity contribution in [3.05, 3.63) is 52.5 Å². The molecule has 0 saturated carbocycles. The van der Waals surface area contributed by atoms with E-state index in [0.29, 0.717) is 0 Å². The lowest BCUT2D eigenvalue weighted by Crippen LogP contribution is -1.87. The Kier molecular flexibility index (Phi) is 2.60. The van der Waals surface area contributed by atoms with Gasteiger partial charge in [0.1, 0.15) is 5.82 Å². The van der Waals surface area contributed by atoms with Crippen molar-refractivity contribution in [2.24, 2.45) is 0 Å². The Bertz CT molecular complexity index is 695. The van der Waals surface area contributed by atoms with E-state index in [1.54, 1.807) is 0 Å². The van der Waals surface area contributed by atoms with E-state index in [1.165, 1.54) is 5.56 Å². The molecule has 1 heterocycles. The van der Waals surface area contributed by atoms with Crippen molar-refractivity contribution in [2.45, 2.75) is 13.8 Å². The smallest absolute Gasteiger partial charge is 0.140 e. The van der Waals surface area contributed by atoms with Gasteiger partial charge in [-0.05, 0) is 37.6 Å². The molecule has 0 spiro atoms. The van der Waals surface area contributed by atoms with Gasteiger partial charge < -0.3 is 4.98 Å². The number of rotatable bonds is 1. The van der Waals surface area contributed by atoms with E-state index < -0.39 is 0 Å².